The number of amides is 1. The van der Waals surface area contributed by atoms with Gasteiger partial charge in [-0.25, -0.2) is 8.78 Å². The number of nitrogens with two attached hydrogens (primary N) is 1. The van der Waals surface area contributed by atoms with Gasteiger partial charge in [-0.3, -0.25) is 4.79 Å². The summed E-state index contributed by atoms with van der Waals surface area (Å²) in [5.41, 5.74) is 5.47. The van der Waals surface area contributed by atoms with E-state index in [0.29, 0.717) is 23.8 Å². The van der Waals surface area contributed by atoms with E-state index in [2.05, 4.69) is 19.2 Å². The number of carbonyl (C=O) groups excluding carboxylic acids is 2. The summed E-state index contributed by atoms with van der Waals surface area (Å²) in [7, 11) is 0. The molecule has 2 rings (SSSR count). The van der Waals surface area contributed by atoms with Crippen LogP contribution in [0, 0.1) is 34.8 Å². The Balaban J connectivity index is 2.05. The minimum atomic E-state index is -0.729. The Morgan fingerprint density at radius 1 is 1.33 bits per heavy atom. The Morgan fingerprint density at radius 3 is 2.57 bits per heavy atom. The van der Waals surface area contributed by atoms with E-state index >= 15 is 0 Å². The molecule has 30 heavy (non-hydrogen) atoms. The van der Waals surface area contributed by atoms with Crippen LogP contribution in [0.25, 0.3) is 0 Å². The maximum Gasteiger partial charge on any atom is 0.237 e. The van der Waals surface area contributed by atoms with E-state index in [1.807, 2.05) is 6.92 Å². The first kappa shape index (κ1) is 24.4. The molecule has 0 bridgehead atoms. The molecule has 1 saturated carbocycles. The lowest BCUT2D eigenvalue weighted by Crippen LogP contribution is -2.51. The number of aldehydes is 1. The van der Waals surface area contributed by atoms with Crippen molar-refractivity contribution in [2.24, 2.45) is 28.9 Å². The summed E-state index contributed by atoms with van der Waals surface area (Å²) in [4.78, 5) is 24.5. The molecule has 1 fully saturated rings. The standard InChI is InChI=1S/C24H36F2N2O2/c1-15(2)8-16-9-17(12-24(5,11-16)14-29)21(27)22(30)28-13-23(3,4)19-7-6-18(25)10-20(19)26/h6-7,10,14-17,21H,8-9,11-13,27H2,1-5H3,(H,28,30). The van der Waals surface area contributed by atoms with E-state index < -0.39 is 28.5 Å². The van der Waals surface area contributed by atoms with Crippen molar-refractivity contribution in [1.29, 1.82) is 0 Å². The summed E-state index contributed by atoms with van der Waals surface area (Å²) in [6.07, 6.45) is 4.26. The maximum absolute atomic E-state index is 14.2. The lowest BCUT2D eigenvalue weighted by Gasteiger charge is -2.41. The van der Waals surface area contributed by atoms with Crippen LogP contribution in [0.5, 0.6) is 0 Å². The zero-order chi connectivity index (χ0) is 22.7. The highest BCUT2D eigenvalue weighted by atomic mass is 19.1. The van der Waals surface area contributed by atoms with Crippen molar-refractivity contribution in [3.05, 3.63) is 35.4 Å². The minimum Gasteiger partial charge on any atom is -0.354 e. The van der Waals surface area contributed by atoms with Crippen LogP contribution in [-0.2, 0) is 15.0 Å². The molecule has 4 unspecified atom stereocenters. The Labute approximate surface area is 179 Å². The number of nitrogens with one attached hydrogen (secondary N) is 1. The second kappa shape index (κ2) is 9.54. The number of hydrogen-bond donors (Lipinski definition) is 2. The van der Waals surface area contributed by atoms with Crippen LogP contribution in [0.3, 0.4) is 0 Å². The zero-order valence-electron chi connectivity index (χ0n) is 18.8. The van der Waals surface area contributed by atoms with E-state index in [-0.39, 0.29) is 18.4 Å². The van der Waals surface area contributed by atoms with Gasteiger partial charge in [0.2, 0.25) is 5.91 Å². The van der Waals surface area contributed by atoms with Gasteiger partial charge in [0.05, 0.1) is 6.04 Å². The fourth-order valence-electron chi connectivity index (χ4n) is 4.93. The zero-order valence-corrected chi connectivity index (χ0v) is 18.8. The van der Waals surface area contributed by atoms with Gasteiger partial charge in [0.25, 0.3) is 0 Å². The largest absolute Gasteiger partial charge is 0.354 e. The first-order chi connectivity index (χ1) is 13.9. The van der Waals surface area contributed by atoms with Gasteiger partial charge in [-0.15, -0.1) is 0 Å². The maximum atomic E-state index is 14.2. The van der Waals surface area contributed by atoms with E-state index in [4.69, 9.17) is 5.73 Å². The Hall–Kier alpha value is -1.82. The van der Waals surface area contributed by atoms with Gasteiger partial charge < -0.3 is 15.8 Å². The van der Waals surface area contributed by atoms with E-state index in [9.17, 15) is 18.4 Å². The first-order valence-electron chi connectivity index (χ1n) is 10.8. The first-order valence-corrected chi connectivity index (χ1v) is 10.8. The molecule has 1 aromatic carbocycles. The van der Waals surface area contributed by atoms with Gasteiger partial charge in [-0.05, 0) is 55.1 Å². The van der Waals surface area contributed by atoms with Gasteiger partial charge in [0.1, 0.15) is 17.9 Å². The fraction of sp³-hybridized carbons (Fsp3) is 0.667. The van der Waals surface area contributed by atoms with E-state index in [0.717, 1.165) is 31.6 Å². The predicted octanol–water partition coefficient (Wildman–Crippen LogP) is 4.35. The highest BCUT2D eigenvalue weighted by Crippen LogP contribution is 2.44. The van der Waals surface area contributed by atoms with Crippen molar-refractivity contribution >= 4 is 12.2 Å². The van der Waals surface area contributed by atoms with Crippen molar-refractivity contribution in [2.45, 2.75) is 71.8 Å². The summed E-state index contributed by atoms with van der Waals surface area (Å²) in [5.74, 6) is -0.769. The topological polar surface area (TPSA) is 72.2 Å². The van der Waals surface area contributed by atoms with Gasteiger partial charge in [0.15, 0.2) is 0 Å². The highest BCUT2D eigenvalue weighted by Gasteiger charge is 2.41. The van der Waals surface area contributed by atoms with E-state index in [1.54, 1.807) is 13.8 Å². The average Bonchev–Trinajstić information content (AvgIpc) is 2.64. The molecule has 0 spiro atoms. The monoisotopic (exact) mass is 422 g/mol. The molecule has 0 aliphatic heterocycles. The number of benzene rings is 1. The molecule has 0 radical (unpaired) electrons. The Kier molecular flexibility index (Phi) is 7.78. The molecule has 6 heteroatoms. The molecule has 4 nitrogen and oxygen atoms in total. The third-order valence-electron chi connectivity index (χ3n) is 6.38. The summed E-state index contributed by atoms with van der Waals surface area (Å²) in [6.45, 7) is 10.0. The second-order valence-corrected chi connectivity index (χ2v) is 10.4. The third kappa shape index (κ3) is 6.10. The minimum absolute atomic E-state index is 0.0802. The van der Waals surface area contributed by atoms with Crippen molar-refractivity contribution in [3.8, 4) is 0 Å². The molecule has 1 aromatic rings. The molecule has 168 valence electrons. The van der Waals surface area contributed by atoms with Gasteiger partial charge >= 0.3 is 0 Å². The third-order valence-corrected chi connectivity index (χ3v) is 6.38. The van der Waals surface area contributed by atoms with Crippen LogP contribution in [-0.4, -0.2) is 24.8 Å². The lowest BCUT2D eigenvalue weighted by atomic mass is 9.64. The SMILES string of the molecule is CC(C)CC1CC(C(N)C(=O)NCC(C)(C)c2ccc(F)cc2F)CC(C)(C=O)C1. The second-order valence-electron chi connectivity index (χ2n) is 10.4. The molecule has 1 aliphatic carbocycles. The lowest BCUT2D eigenvalue weighted by molar-refractivity contribution is -0.127. The molecule has 0 heterocycles. The van der Waals surface area contributed by atoms with Crippen molar-refractivity contribution in [1.82, 2.24) is 5.32 Å². The van der Waals surface area contributed by atoms with Crippen LogP contribution in [0.4, 0.5) is 8.78 Å². The van der Waals surface area contributed by atoms with E-state index in [1.165, 1.54) is 12.1 Å². The summed E-state index contributed by atoms with van der Waals surface area (Å²) in [6, 6.07) is 2.74. The van der Waals surface area contributed by atoms with Crippen LogP contribution >= 0.6 is 0 Å². The number of hydrogen-bond acceptors (Lipinski definition) is 3. The van der Waals surface area contributed by atoms with Crippen molar-refractivity contribution in [3.63, 3.8) is 0 Å². The summed E-state index contributed by atoms with van der Waals surface area (Å²) >= 11 is 0. The predicted molar refractivity (Wildman–Crippen MR) is 115 cm³/mol. The molecular formula is C24H36F2N2O2. The Bertz CT molecular complexity index is 766. The number of halogens is 2. The highest BCUT2D eigenvalue weighted by molar-refractivity contribution is 5.82. The molecule has 1 amide bonds. The summed E-state index contributed by atoms with van der Waals surface area (Å²) in [5, 5.41) is 2.85. The van der Waals surface area contributed by atoms with Crippen LogP contribution in [0.1, 0.15) is 65.9 Å². The molecule has 0 aromatic heterocycles. The number of rotatable bonds is 8. The smallest absolute Gasteiger partial charge is 0.237 e. The normalized spacial score (nSPS) is 25.8. The van der Waals surface area contributed by atoms with Crippen LogP contribution in [0.15, 0.2) is 18.2 Å². The van der Waals surface area contributed by atoms with Crippen LogP contribution in [0.2, 0.25) is 0 Å². The van der Waals surface area contributed by atoms with Gasteiger partial charge in [0, 0.05) is 23.4 Å². The Morgan fingerprint density at radius 2 is 2.00 bits per heavy atom. The van der Waals surface area contributed by atoms with Crippen LogP contribution < -0.4 is 11.1 Å². The summed E-state index contributed by atoms with van der Waals surface area (Å²) < 4.78 is 27.4. The van der Waals surface area contributed by atoms with Gasteiger partial charge in [-0.2, -0.15) is 0 Å². The van der Waals surface area contributed by atoms with Gasteiger partial charge in [-0.1, -0.05) is 40.7 Å². The van der Waals surface area contributed by atoms with Crippen molar-refractivity contribution < 1.29 is 18.4 Å². The molecular weight excluding hydrogens is 386 g/mol. The molecule has 3 N–H and O–H groups in total. The quantitative estimate of drug-likeness (QED) is 0.612. The van der Waals surface area contributed by atoms with Crippen molar-refractivity contribution in [2.75, 3.05) is 6.54 Å². The molecule has 4 atom stereocenters. The number of carbonyl (C=O) groups is 2. The molecule has 0 saturated heterocycles. The molecule has 1 aliphatic rings. The fourth-order valence-corrected chi connectivity index (χ4v) is 4.93. The average molecular weight is 423 g/mol.